The van der Waals surface area contributed by atoms with E-state index in [-0.39, 0.29) is 11.0 Å². The Morgan fingerprint density at radius 1 is 1.07 bits per heavy atom. The van der Waals surface area contributed by atoms with Crippen LogP contribution in [0.25, 0.3) is 10.9 Å². The molecule has 2 aromatic carbocycles. The maximum absolute atomic E-state index is 13.2. The number of carboxylic acid groups (broad SMARTS) is 1. The standard InChI is InChI=1S/C22H15ClN2O3/c23-15-8-9-16-19(11-15)25-12-17(21(16)26)20(18-3-1-2-10-24-18)13-4-6-14(7-5-13)22(27)28/h1-12,20H,(H,25,26)(H,27,28). The quantitative estimate of drug-likeness (QED) is 0.539. The molecule has 2 aromatic heterocycles. The molecule has 0 saturated carbocycles. The van der Waals surface area contributed by atoms with Crippen LogP contribution in [0.2, 0.25) is 5.02 Å². The van der Waals surface area contributed by atoms with Crippen LogP contribution in [0.3, 0.4) is 0 Å². The molecule has 0 saturated heterocycles. The van der Waals surface area contributed by atoms with Gasteiger partial charge >= 0.3 is 5.97 Å². The fourth-order valence-corrected chi connectivity index (χ4v) is 3.47. The summed E-state index contributed by atoms with van der Waals surface area (Å²) >= 11 is 6.03. The summed E-state index contributed by atoms with van der Waals surface area (Å²) in [6.07, 6.45) is 3.34. The Hall–Kier alpha value is -3.44. The highest BCUT2D eigenvalue weighted by Crippen LogP contribution is 2.30. The first-order valence-corrected chi connectivity index (χ1v) is 8.97. The van der Waals surface area contributed by atoms with Crippen molar-refractivity contribution in [3.8, 4) is 0 Å². The van der Waals surface area contributed by atoms with Crippen LogP contribution in [-0.4, -0.2) is 21.0 Å². The molecule has 0 spiro atoms. The Balaban J connectivity index is 1.93. The fourth-order valence-electron chi connectivity index (χ4n) is 3.30. The van der Waals surface area contributed by atoms with Crippen LogP contribution in [-0.2, 0) is 0 Å². The van der Waals surface area contributed by atoms with Crippen molar-refractivity contribution in [2.45, 2.75) is 5.92 Å². The lowest BCUT2D eigenvalue weighted by Crippen LogP contribution is -2.17. The predicted octanol–water partition coefficient (Wildman–Crippen LogP) is 4.45. The molecule has 28 heavy (non-hydrogen) atoms. The van der Waals surface area contributed by atoms with Crippen LogP contribution < -0.4 is 5.43 Å². The van der Waals surface area contributed by atoms with E-state index < -0.39 is 11.9 Å². The third-order valence-electron chi connectivity index (χ3n) is 4.66. The van der Waals surface area contributed by atoms with Gasteiger partial charge in [-0.2, -0.15) is 0 Å². The molecule has 4 rings (SSSR count). The van der Waals surface area contributed by atoms with Crippen molar-refractivity contribution < 1.29 is 9.90 Å². The molecule has 0 aliphatic carbocycles. The average molecular weight is 391 g/mol. The average Bonchev–Trinajstić information content (AvgIpc) is 2.71. The van der Waals surface area contributed by atoms with Crippen molar-refractivity contribution >= 4 is 28.5 Å². The molecule has 0 fully saturated rings. The molecule has 4 aromatic rings. The summed E-state index contributed by atoms with van der Waals surface area (Å²) in [5.74, 6) is -1.44. The number of aromatic carboxylic acids is 1. The maximum Gasteiger partial charge on any atom is 0.335 e. The first-order valence-electron chi connectivity index (χ1n) is 8.59. The Morgan fingerprint density at radius 3 is 2.54 bits per heavy atom. The minimum Gasteiger partial charge on any atom is -0.478 e. The van der Waals surface area contributed by atoms with Crippen molar-refractivity contribution in [2.24, 2.45) is 0 Å². The zero-order chi connectivity index (χ0) is 19.7. The Morgan fingerprint density at radius 2 is 1.86 bits per heavy atom. The molecule has 138 valence electrons. The van der Waals surface area contributed by atoms with E-state index in [2.05, 4.69) is 9.97 Å². The van der Waals surface area contributed by atoms with Gasteiger partial charge in [-0.25, -0.2) is 4.79 Å². The molecule has 6 heteroatoms. The number of pyridine rings is 2. The molecule has 0 aliphatic rings. The number of hydrogen-bond donors (Lipinski definition) is 2. The Kier molecular flexibility index (Phi) is 4.67. The van der Waals surface area contributed by atoms with Gasteiger partial charge in [0.25, 0.3) is 0 Å². The van der Waals surface area contributed by atoms with Crippen molar-refractivity contribution in [1.82, 2.24) is 9.97 Å². The lowest BCUT2D eigenvalue weighted by Gasteiger charge is -2.18. The topological polar surface area (TPSA) is 83.0 Å². The van der Waals surface area contributed by atoms with Gasteiger partial charge in [-0.3, -0.25) is 9.78 Å². The van der Waals surface area contributed by atoms with Gasteiger partial charge in [0, 0.05) is 28.4 Å². The van der Waals surface area contributed by atoms with E-state index in [0.717, 1.165) is 5.56 Å². The molecule has 0 radical (unpaired) electrons. The number of aromatic amines is 1. The van der Waals surface area contributed by atoms with Gasteiger partial charge in [-0.1, -0.05) is 29.8 Å². The zero-order valence-corrected chi connectivity index (χ0v) is 15.4. The molecular formula is C22H15ClN2O3. The molecule has 5 nitrogen and oxygen atoms in total. The fraction of sp³-hybridized carbons (Fsp3) is 0.0455. The van der Waals surface area contributed by atoms with E-state index in [1.54, 1.807) is 48.8 Å². The number of nitrogens with zero attached hydrogens (tertiary/aromatic N) is 1. The number of carbonyl (C=O) groups is 1. The number of fused-ring (bicyclic) bond motifs is 1. The van der Waals surface area contributed by atoms with Gasteiger partial charge in [0.05, 0.1) is 22.7 Å². The molecule has 0 aliphatic heterocycles. The van der Waals surface area contributed by atoms with E-state index >= 15 is 0 Å². The van der Waals surface area contributed by atoms with E-state index in [0.29, 0.717) is 27.2 Å². The minimum absolute atomic E-state index is 0.122. The first kappa shape index (κ1) is 17.9. The zero-order valence-electron chi connectivity index (χ0n) is 14.6. The number of halogens is 1. The van der Waals surface area contributed by atoms with Crippen LogP contribution in [0, 0.1) is 0 Å². The van der Waals surface area contributed by atoms with Crippen LogP contribution >= 0.6 is 11.6 Å². The normalized spacial score (nSPS) is 12.0. The Labute approximate surface area is 165 Å². The minimum atomic E-state index is -0.999. The second-order valence-electron chi connectivity index (χ2n) is 6.38. The molecule has 0 amide bonds. The highest BCUT2D eigenvalue weighted by molar-refractivity contribution is 6.31. The van der Waals surface area contributed by atoms with Crippen molar-refractivity contribution in [3.05, 3.63) is 111 Å². The SMILES string of the molecule is O=C(O)c1ccc(C(c2ccccn2)c2c[nH]c3cc(Cl)ccc3c2=O)cc1. The summed E-state index contributed by atoms with van der Waals surface area (Å²) in [5, 5.41) is 10.2. The molecule has 2 heterocycles. The lowest BCUT2D eigenvalue weighted by atomic mass is 9.87. The van der Waals surface area contributed by atoms with Crippen molar-refractivity contribution in [3.63, 3.8) is 0 Å². The van der Waals surface area contributed by atoms with Gasteiger partial charge in [-0.15, -0.1) is 0 Å². The summed E-state index contributed by atoms with van der Waals surface area (Å²) in [5.41, 5.74) is 2.72. The predicted molar refractivity (Wildman–Crippen MR) is 108 cm³/mol. The number of hydrogen-bond acceptors (Lipinski definition) is 3. The number of benzene rings is 2. The van der Waals surface area contributed by atoms with Crippen LogP contribution in [0.15, 0.2) is 77.9 Å². The van der Waals surface area contributed by atoms with E-state index in [4.69, 9.17) is 16.7 Å². The first-order chi connectivity index (χ1) is 13.5. The largest absolute Gasteiger partial charge is 0.478 e. The van der Waals surface area contributed by atoms with Gasteiger partial charge in [0.1, 0.15) is 0 Å². The highest BCUT2D eigenvalue weighted by Gasteiger charge is 2.22. The summed E-state index contributed by atoms with van der Waals surface area (Å²) in [4.78, 5) is 32.0. The van der Waals surface area contributed by atoms with Gasteiger partial charge < -0.3 is 10.1 Å². The van der Waals surface area contributed by atoms with Gasteiger partial charge in [0.2, 0.25) is 0 Å². The summed E-state index contributed by atoms with van der Waals surface area (Å²) in [6, 6.07) is 17.1. The number of nitrogens with one attached hydrogen (secondary N) is 1. The smallest absolute Gasteiger partial charge is 0.335 e. The molecular weight excluding hydrogens is 376 g/mol. The van der Waals surface area contributed by atoms with Gasteiger partial charge in [0.15, 0.2) is 5.43 Å². The number of rotatable bonds is 4. The van der Waals surface area contributed by atoms with Crippen LogP contribution in [0.1, 0.15) is 33.1 Å². The summed E-state index contributed by atoms with van der Waals surface area (Å²) in [6.45, 7) is 0. The molecule has 0 bridgehead atoms. The Bertz CT molecular complexity index is 1220. The lowest BCUT2D eigenvalue weighted by molar-refractivity contribution is 0.0697. The second kappa shape index (κ2) is 7.29. The van der Waals surface area contributed by atoms with Crippen molar-refractivity contribution in [1.29, 1.82) is 0 Å². The third-order valence-corrected chi connectivity index (χ3v) is 4.89. The van der Waals surface area contributed by atoms with Gasteiger partial charge in [-0.05, 0) is 48.0 Å². The maximum atomic E-state index is 13.2. The molecule has 1 atom stereocenters. The number of H-pyrrole nitrogens is 1. The second-order valence-corrected chi connectivity index (χ2v) is 6.81. The monoisotopic (exact) mass is 390 g/mol. The van der Waals surface area contributed by atoms with E-state index in [9.17, 15) is 9.59 Å². The van der Waals surface area contributed by atoms with Crippen molar-refractivity contribution in [2.75, 3.05) is 0 Å². The van der Waals surface area contributed by atoms with Crippen LogP contribution in [0.5, 0.6) is 0 Å². The number of aromatic nitrogens is 2. The molecule has 2 N–H and O–H groups in total. The van der Waals surface area contributed by atoms with E-state index in [1.807, 2.05) is 12.1 Å². The third kappa shape index (κ3) is 3.28. The molecule has 1 unspecified atom stereocenters. The van der Waals surface area contributed by atoms with Crippen LogP contribution in [0.4, 0.5) is 0 Å². The number of carboxylic acids is 1. The summed E-state index contributed by atoms with van der Waals surface area (Å²) < 4.78 is 0. The highest BCUT2D eigenvalue weighted by atomic mass is 35.5. The summed E-state index contributed by atoms with van der Waals surface area (Å²) in [7, 11) is 0. The van der Waals surface area contributed by atoms with E-state index in [1.165, 1.54) is 12.1 Å².